The lowest BCUT2D eigenvalue weighted by molar-refractivity contribution is 0.0623. The Hall–Kier alpha value is -2.79. The van der Waals surface area contributed by atoms with Crippen LogP contribution in [0.15, 0.2) is 54.6 Å². The quantitative estimate of drug-likeness (QED) is 0.597. The molecule has 4 rings (SSSR count). The van der Waals surface area contributed by atoms with Gasteiger partial charge in [0.25, 0.3) is 5.91 Å². The first-order chi connectivity index (χ1) is 14.7. The lowest BCUT2D eigenvalue weighted by Gasteiger charge is -2.37. The molecule has 0 spiro atoms. The maximum Gasteiger partial charge on any atom is 0.270 e. The standard InChI is InChI=1S/C25H31N3O2/c1-3-28(25(29)23-16-21-22(27-23)13-8-14-24(21)30-2)20-12-7-11-19(15-20)26-17-18-9-5-4-6-10-18/h4-6,8-10,13-14,16,19-20,26-27H,3,7,11-12,15,17H2,1-2H3. The zero-order valence-corrected chi connectivity index (χ0v) is 17.9. The number of hydrogen-bond donors (Lipinski definition) is 2. The lowest BCUT2D eigenvalue weighted by atomic mass is 9.89. The topological polar surface area (TPSA) is 57.4 Å². The number of H-pyrrole nitrogens is 1. The molecule has 1 heterocycles. The zero-order valence-electron chi connectivity index (χ0n) is 17.9. The second kappa shape index (κ2) is 9.35. The van der Waals surface area contributed by atoms with Crippen molar-refractivity contribution < 1.29 is 9.53 Å². The summed E-state index contributed by atoms with van der Waals surface area (Å²) in [6.07, 6.45) is 4.36. The van der Waals surface area contributed by atoms with Crippen LogP contribution >= 0.6 is 0 Å². The van der Waals surface area contributed by atoms with Crippen LogP contribution in [-0.2, 0) is 6.54 Å². The van der Waals surface area contributed by atoms with Crippen molar-refractivity contribution in [1.29, 1.82) is 0 Å². The van der Waals surface area contributed by atoms with Crippen molar-refractivity contribution in [2.45, 2.75) is 51.2 Å². The fourth-order valence-electron chi connectivity index (χ4n) is 4.63. The highest BCUT2D eigenvalue weighted by molar-refractivity contribution is 5.99. The molecule has 3 aromatic rings. The van der Waals surface area contributed by atoms with Gasteiger partial charge in [-0.25, -0.2) is 0 Å². The largest absolute Gasteiger partial charge is 0.496 e. The van der Waals surface area contributed by atoms with Crippen LogP contribution in [0.1, 0.15) is 48.7 Å². The van der Waals surface area contributed by atoms with E-state index in [1.165, 1.54) is 12.0 Å². The summed E-state index contributed by atoms with van der Waals surface area (Å²) in [5, 5.41) is 4.65. The number of fused-ring (bicyclic) bond motifs is 1. The van der Waals surface area contributed by atoms with Crippen molar-refractivity contribution >= 4 is 16.8 Å². The first kappa shape index (κ1) is 20.5. The molecule has 5 nitrogen and oxygen atoms in total. The van der Waals surface area contributed by atoms with Gasteiger partial charge in [0, 0.05) is 36.1 Å². The number of ether oxygens (including phenoxy) is 1. The van der Waals surface area contributed by atoms with E-state index in [4.69, 9.17) is 4.74 Å². The van der Waals surface area contributed by atoms with E-state index in [1.807, 2.05) is 35.2 Å². The van der Waals surface area contributed by atoms with Crippen molar-refractivity contribution in [2.24, 2.45) is 0 Å². The van der Waals surface area contributed by atoms with Crippen molar-refractivity contribution in [2.75, 3.05) is 13.7 Å². The van der Waals surface area contributed by atoms with Crippen LogP contribution in [0.3, 0.4) is 0 Å². The molecule has 5 heteroatoms. The van der Waals surface area contributed by atoms with Gasteiger partial charge in [0.2, 0.25) is 0 Å². The molecule has 2 N–H and O–H groups in total. The average Bonchev–Trinajstić information content (AvgIpc) is 3.24. The van der Waals surface area contributed by atoms with E-state index < -0.39 is 0 Å². The van der Waals surface area contributed by atoms with Crippen LogP contribution in [0.25, 0.3) is 10.9 Å². The van der Waals surface area contributed by atoms with E-state index in [0.717, 1.165) is 42.5 Å². The predicted octanol–water partition coefficient (Wildman–Crippen LogP) is 4.74. The van der Waals surface area contributed by atoms with Gasteiger partial charge in [0.15, 0.2) is 0 Å². The van der Waals surface area contributed by atoms with Gasteiger partial charge in [-0.2, -0.15) is 0 Å². The minimum Gasteiger partial charge on any atom is -0.496 e. The summed E-state index contributed by atoms with van der Waals surface area (Å²) >= 11 is 0. The van der Waals surface area contributed by atoms with Gasteiger partial charge in [-0.1, -0.05) is 36.4 Å². The maximum absolute atomic E-state index is 13.4. The average molecular weight is 406 g/mol. The van der Waals surface area contributed by atoms with E-state index in [-0.39, 0.29) is 11.9 Å². The maximum atomic E-state index is 13.4. The fourth-order valence-corrected chi connectivity index (χ4v) is 4.63. The molecule has 30 heavy (non-hydrogen) atoms. The predicted molar refractivity (Wildman–Crippen MR) is 121 cm³/mol. The Labute approximate surface area is 178 Å². The Morgan fingerprint density at radius 2 is 2.00 bits per heavy atom. The number of rotatable bonds is 7. The van der Waals surface area contributed by atoms with Gasteiger partial charge >= 0.3 is 0 Å². The summed E-state index contributed by atoms with van der Waals surface area (Å²) in [6.45, 7) is 3.66. The van der Waals surface area contributed by atoms with Gasteiger partial charge in [-0.15, -0.1) is 0 Å². The molecule has 2 aromatic carbocycles. The number of aromatic amines is 1. The molecule has 0 aliphatic heterocycles. The van der Waals surface area contributed by atoms with Gasteiger partial charge in [-0.05, 0) is 56.4 Å². The van der Waals surface area contributed by atoms with Crippen molar-refractivity contribution in [1.82, 2.24) is 15.2 Å². The van der Waals surface area contributed by atoms with Gasteiger partial charge in [0.1, 0.15) is 11.4 Å². The molecule has 1 aliphatic rings. The van der Waals surface area contributed by atoms with Crippen LogP contribution in [0, 0.1) is 0 Å². The molecule has 1 amide bonds. The van der Waals surface area contributed by atoms with Crippen molar-refractivity contribution in [3.63, 3.8) is 0 Å². The number of hydrogen-bond acceptors (Lipinski definition) is 3. The van der Waals surface area contributed by atoms with Gasteiger partial charge in [-0.3, -0.25) is 4.79 Å². The smallest absolute Gasteiger partial charge is 0.270 e. The van der Waals surface area contributed by atoms with Crippen LogP contribution in [0.5, 0.6) is 5.75 Å². The second-order valence-corrected chi connectivity index (χ2v) is 8.08. The first-order valence-electron chi connectivity index (χ1n) is 10.9. The Morgan fingerprint density at radius 1 is 1.17 bits per heavy atom. The Balaban J connectivity index is 1.45. The fraction of sp³-hybridized carbons (Fsp3) is 0.400. The SMILES string of the molecule is CCN(C(=O)c1cc2c(OC)cccc2[nH]1)C1CCCC(NCc2ccccc2)C1. The van der Waals surface area contributed by atoms with E-state index in [1.54, 1.807) is 7.11 Å². The second-order valence-electron chi connectivity index (χ2n) is 8.08. The number of benzene rings is 2. The number of aromatic nitrogens is 1. The number of carbonyl (C=O) groups is 1. The summed E-state index contributed by atoms with van der Waals surface area (Å²) < 4.78 is 5.45. The van der Waals surface area contributed by atoms with Crippen molar-refractivity contribution in [3.05, 3.63) is 65.9 Å². The molecule has 1 aromatic heterocycles. The summed E-state index contributed by atoms with van der Waals surface area (Å²) in [4.78, 5) is 18.7. The molecule has 1 saturated carbocycles. The molecular formula is C25H31N3O2. The minimum absolute atomic E-state index is 0.0736. The third-order valence-electron chi connectivity index (χ3n) is 6.20. The number of methoxy groups -OCH3 is 1. The van der Waals surface area contributed by atoms with Crippen LogP contribution in [0.2, 0.25) is 0 Å². The first-order valence-corrected chi connectivity index (χ1v) is 10.9. The van der Waals surface area contributed by atoms with Crippen LogP contribution in [-0.4, -0.2) is 41.5 Å². The van der Waals surface area contributed by atoms with E-state index in [0.29, 0.717) is 18.3 Å². The van der Waals surface area contributed by atoms with Crippen LogP contribution in [0.4, 0.5) is 0 Å². The van der Waals surface area contributed by atoms with Gasteiger partial charge in [0.05, 0.1) is 7.11 Å². The normalized spacial score (nSPS) is 19.0. The van der Waals surface area contributed by atoms with Crippen molar-refractivity contribution in [3.8, 4) is 5.75 Å². The number of carbonyl (C=O) groups excluding carboxylic acids is 1. The molecule has 1 fully saturated rings. The summed E-state index contributed by atoms with van der Waals surface area (Å²) in [5.41, 5.74) is 2.87. The molecule has 0 saturated heterocycles. The molecule has 0 bridgehead atoms. The summed E-state index contributed by atoms with van der Waals surface area (Å²) in [6, 6.07) is 19.0. The van der Waals surface area contributed by atoms with Gasteiger partial charge < -0.3 is 19.9 Å². The highest BCUT2D eigenvalue weighted by Gasteiger charge is 2.30. The molecular weight excluding hydrogens is 374 g/mol. The third-order valence-corrected chi connectivity index (χ3v) is 6.20. The third kappa shape index (κ3) is 4.36. The Kier molecular flexibility index (Phi) is 6.38. The molecule has 0 radical (unpaired) electrons. The highest BCUT2D eigenvalue weighted by Crippen LogP contribution is 2.29. The Morgan fingerprint density at radius 3 is 2.77 bits per heavy atom. The summed E-state index contributed by atoms with van der Waals surface area (Å²) in [7, 11) is 1.66. The van der Waals surface area contributed by atoms with E-state index >= 15 is 0 Å². The molecule has 1 aliphatic carbocycles. The lowest BCUT2D eigenvalue weighted by Crippen LogP contribution is -2.46. The van der Waals surface area contributed by atoms with E-state index in [2.05, 4.69) is 41.5 Å². The number of nitrogens with zero attached hydrogens (tertiary/aromatic N) is 1. The molecule has 2 atom stereocenters. The summed E-state index contributed by atoms with van der Waals surface area (Å²) in [5.74, 6) is 0.859. The number of amides is 1. The zero-order chi connectivity index (χ0) is 20.9. The number of nitrogens with one attached hydrogen (secondary N) is 2. The Bertz CT molecular complexity index is 982. The molecule has 2 unspecified atom stereocenters. The van der Waals surface area contributed by atoms with Crippen LogP contribution < -0.4 is 10.1 Å². The van der Waals surface area contributed by atoms with E-state index in [9.17, 15) is 4.79 Å². The minimum atomic E-state index is 0.0736. The monoisotopic (exact) mass is 405 g/mol. The molecule has 158 valence electrons. The highest BCUT2D eigenvalue weighted by atomic mass is 16.5.